The Morgan fingerprint density at radius 2 is 1.40 bits per heavy atom. The molecule has 1 saturated heterocycles. The van der Waals surface area contributed by atoms with Crippen LogP contribution in [0.1, 0.15) is 0 Å². The smallest absolute Gasteiger partial charge is 0.414 e. The molecule has 0 aromatic heterocycles. The fourth-order valence-corrected chi connectivity index (χ4v) is 4.51. The van der Waals surface area contributed by atoms with Gasteiger partial charge in [0.2, 0.25) is 0 Å². The van der Waals surface area contributed by atoms with Crippen LogP contribution in [0.2, 0.25) is 0 Å². The second-order valence-corrected chi connectivity index (χ2v) is 9.16. The summed E-state index contributed by atoms with van der Waals surface area (Å²) in [6.07, 6.45) is -0.776. The van der Waals surface area contributed by atoms with Crippen molar-refractivity contribution in [3.63, 3.8) is 0 Å². The lowest BCUT2D eigenvalue weighted by atomic mass is 10.2. The predicted octanol–water partition coefficient (Wildman–Crippen LogP) is 5.24. The van der Waals surface area contributed by atoms with E-state index in [2.05, 4.69) is 9.44 Å². The topological polar surface area (TPSA) is 140 Å². The molecular formula is C22H19N5O6S2. The first-order valence-corrected chi connectivity index (χ1v) is 11.9. The Kier molecular flexibility index (Phi) is 7.70. The number of nitrogens with zero attached hydrogens (tertiary/aromatic N) is 3. The standard InChI is InChI=1S/C22H19N5O6S2/c28-22-25(14-19(33-22)13-23-34-20-9-5-17(6-10-20)26(29)30)16-3-1-15(2-4-16)24-35-21-11-7-18(8-12-21)27(31)32/h1-12,19,23-24H,13-14H2/t19-/m1/s1. The lowest BCUT2D eigenvalue weighted by molar-refractivity contribution is -0.385. The zero-order valence-electron chi connectivity index (χ0n) is 18.0. The van der Waals surface area contributed by atoms with Crippen LogP contribution in [0.15, 0.2) is 82.6 Å². The fraction of sp³-hybridized carbons (Fsp3) is 0.136. The van der Waals surface area contributed by atoms with Gasteiger partial charge in [-0.1, -0.05) is 0 Å². The molecule has 3 aromatic carbocycles. The summed E-state index contributed by atoms with van der Waals surface area (Å²) < 4.78 is 11.7. The second-order valence-electron chi connectivity index (χ2n) is 7.32. The van der Waals surface area contributed by atoms with E-state index in [4.69, 9.17) is 4.74 Å². The van der Waals surface area contributed by atoms with E-state index in [0.29, 0.717) is 18.8 Å². The number of benzene rings is 3. The third-order valence-electron chi connectivity index (χ3n) is 4.94. The van der Waals surface area contributed by atoms with E-state index in [1.165, 1.54) is 48.2 Å². The molecule has 1 fully saturated rings. The van der Waals surface area contributed by atoms with Crippen LogP contribution in [-0.2, 0) is 4.74 Å². The number of ether oxygens (including phenoxy) is 1. The van der Waals surface area contributed by atoms with Crippen molar-refractivity contribution >= 4 is 52.7 Å². The van der Waals surface area contributed by atoms with Crippen molar-refractivity contribution in [1.29, 1.82) is 0 Å². The van der Waals surface area contributed by atoms with Gasteiger partial charge < -0.3 is 9.46 Å². The summed E-state index contributed by atoms with van der Waals surface area (Å²) in [5, 5.41) is 21.5. The summed E-state index contributed by atoms with van der Waals surface area (Å²) in [4.78, 5) is 36.1. The molecule has 35 heavy (non-hydrogen) atoms. The third kappa shape index (κ3) is 6.41. The predicted molar refractivity (Wildman–Crippen MR) is 134 cm³/mol. The zero-order chi connectivity index (χ0) is 24.8. The summed E-state index contributed by atoms with van der Waals surface area (Å²) >= 11 is 2.63. The number of amides is 1. The van der Waals surface area contributed by atoms with Gasteiger partial charge in [-0.2, -0.15) is 0 Å². The first-order valence-electron chi connectivity index (χ1n) is 10.3. The summed E-state index contributed by atoms with van der Waals surface area (Å²) in [6.45, 7) is 0.798. The van der Waals surface area contributed by atoms with Crippen LogP contribution in [0.3, 0.4) is 0 Å². The Bertz CT molecular complexity index is 1210. The highest BCUT2D eigenvalue weighted by molar-refractivity contribution is 8.00. The summed E-state index contributed by atoms with van der Waals surface area (Å²) in [5.74, 6) is 0. The summed E-state index contributed by atoms with van der Waals surface area (Å²) in [5.41, 5.74) is 1.57. The highest BCUT2D eigenvalue weighted by Crippen LogP contribution is 2.27. The van der Waals surface area contributed by atoms with Crippen molar-refractivity contribution in [1.82, 2.24) is 4.72 Å². The van der Waals surface area contributed by atoms with Crippen LogP contribution in [0.4, 0.5) is 27.5 Å². The Labute approximate surface area is 208 Å². The second kappa shape index (κ2) is 11.1. The van der Waals surface area contributed by atoms with Gasteiger partial charge in [0.25, 0.3) is 11.4 Å². The van der Waals surface area contributed by atoms with E-state index >= 15 is 0 Å². The van der Waals surface area contributed by atoms with E-state index in [-0.39, 0.29) is 17.5 Å². The molecule has 0 bridgehead atoms. The van der Waals surface area contributed by atoms with Gasteiger partial charge in [0.05, 0.1) is 16.4 Å². The van der Waals surface area contributed by atoms with Crippen molar-refractivity contribution in [2.45, 2.75) is 15.9 Å². The monoisotopic (exact) mass is 513 g/mol. The molecule has 1 atom stereocenters. The molecule has 1 aliphatic heterocycles. The molecule has 4 rings (SSSR count). The van der Waals surface area contributed by atoms with Crippen molar-refractivity contribution in [2.75, 3.05) is 22.7 Å². The summed E-state index contributed by atoms with van der Waals surface area (Å²) in [7, 11) is 0. The average Bonchev–Trinajstić information content (AvgIpc) is 3.23. The molecule has 11 nitrogen and oxygen atoms in total. The number of anilines is 2. The number of nitrogens with one attached hydrogen (secondary N) is 2. The molecule has 0 spiro atoms. The molecule has 13 heteroatoms. The lowest BCUT2D eigenvalue weighted by Crippen LogP contribution is -2.28. The van der Waals surface area contributed by atoms with Crippen LogP contribution in [-0.4, -0.2) is 35.1 Å². The number of rotatable bonds is 10. The Morgan fingerprint density at radius 1 is 0.857 bits per heavy atom. The minimum absolute atomic E-state index is 0.0286. The molecule has 0 radical (unpaired) electrons. The van der Waals surface area contributed by atoms with Gasteiger partial charge in [0.15, 0.2) is 0 Å². The van der Waals surface area contributed by atoms with Crippen LogP contribution in [0.25, 0.3) is 0 Å². The molecule has 2 N–H and O–H groups in total. The van der Waals surface area contributed by atoms with E-state index in [0.717, 1.165) is 15.5 Å². The maximum Gasteiger partial charge on any atom is 0.414 e. The minimum Gasteiger partial charge on any atom is -0.443 e. The summed E-state index contributed by atoms with van der Waals surface area (Å²) in [6, 6.07) is 19.7. The SMILES string of the molecule is O=C1O[C@H](CNSc2ccc([N+](=O)[O-])cc2)CN1c1ccc(NSc2ccc([N+](=O)[O-])cc2)cc1. The Balaban J connectivity index is 1.25. The normalized spacial score (nSPS) is 15.0. The minimum atomic E-state index is -0.450. The number of cyclic esters (lactones) is 1. The average molecular weight is 514 g/mol. The van der Waals surface area contributed by atoms with Crippen molar-refractivity contribution in [3.8, 4) is 0 Å². The fourth-order valence-electron chi connectivity index (χ4n) is 3.16. The number of carbonyl (C=O) groups is 1. The molecule has 0 saturated carbocycles. The number of non-ortho nitro benzene ring substituents is 2. The molecule has 1 heterocycles. The maximum atomic E-state index is 12.3. The molecule has 1 aliphatic rings. The maximum absolute atomic E-state index is 12.3. The van der Waals surface area contributed by atoms with Crippen molar-refractivity contribution in [2.24, 2.45) is 0 Å². The highest BCUT2D eigenvalue weighted by atomic mass is 32.2. The van der Waals surface area contributed by atoms with Gasteiger partial charge in [0.1, 0.15) is 6.10 Å². The molecular weight excluding hydrogens is 494 g/mol. The zero-order valence-corrected chi connectivity index (χ0v) is 19.7. The molecule has 3 aromatic rings. The number of carbonyl (C=O) groups excluding carboxylic acids is 1. The van der Waals surface area contributed by atoms with Gasteiger partial charge >= 0.3 is 6.09 Å². The first kappa shape index (κ1) is 24.3. The van der Waals surface area contributed by atoms with Crippen LogP contribution in [0, 0.1) is 20.2 Å². The van der Waals surface area contributed by atoms with Gasteiger partial charge in [-0.25, -0.2) is 4.79 Å². The van der Waals surface area contributed by atoms with Crippen LogP contribution >= 0.6 is 23.9 Å². The molecule has 1 amide bonds. The number of hydrogen-bond donors (Lipinski definition) is 2. The Hall–Kier alpha value is -3.81. The molecule has 180 valence electrons. The van der Waals surface area contributed by atoms with E-state index in [9.17, 15) is 25.0 Å². The van der Waals surface area contributed by atoms with Gasteiger partial charge in [-0.15, -0.1) is 0 Å². The van der Waals surface area contributed by atoms with Gasteiger partial charge in [0, 0.05) is 52.0 Å². The third-order valence-corrected chi connectivity index (χ3v) is 6.60. The van der Waals surface area contributed by atoms with Crippen molar-refractivity contribution < 1.29 is 19.4 Å². The van der Waals surface area contributed by atoms with Gasteiger partial charge in [-0.05, 0) is 72.4 Å². The highest BCUT2D eigenvalue weighted by Gasteiger charge is 2.32. The number of nitro groups is 2. The number of nitro benzene ring substituents is 2. The van der Waals surface area contributed by atoms with Crippen LogP contribution in [0.5, 0.6) is 0 Å². The molecule has 0 unspecified atom stereocenters. The van der Waals surface area contributed by atoms with E-state index in [1.807, 2.05) is 12.1 Å². The van der Waals surface area contributed by atoms with E-state index < -0.39 is 15.9 Å². The van der Waals surface area contributed by atoms with E-state index in [1.54, 1.807) is 41.3 Å². The number of hydrogen-bond acceptors (Lipinski definition) is 10. The first-order chi connectivity index (χ1) is 16.9. The molecule has 0 aliphatic carbocycles. The largest absolute Gasteiger partial charge is 0.443 e. The van der Waals surface area contributed by atoms with Crippen molar-refractivity contribution in [3.05, 3.63) is 93.0 Å². The van der Waals surface area contributed by atoms with Crippen LogP contribution < -0.4 is 14.3 Å². The van der Waals surface area contributed by atoms with Gasteiger partial charge in [-0.3, -0.25) is 29.9 Å². The Morgan fingerprint density at radius 3 is 1.94 bits per heavy atom. The quantitative estimate of drug-likeness (QED) is 0.210. The lowest BCUT2D eigenvalue weighted by Gasteiger charge is -2.14.